The summed E-state index contributed by atoms with van der Waals surface area (Å²) in [4.78, 5) is 24.0. The molecular weight excluding hydrogens is 446 g/mol. The van der Waals surface area contributed by atoms with Gasteiger partial charge in [0, 0.05) is 17.8 Å². The minimum atomic E-state index is -1.12. The molecule has 0 amide bonds. The number of aromatic nitrogens is 3. The van der Waals surface area contributed by atoms with Crippen LogP contribution in [0.1, 0.15) is 26.3 Å². The number of rotatable bonds is 7. The van der Waals surface area contributed by atoms with E-state index in [9.17, 15) is 23.5 Å². The van der Waals surface area contributed by atoms with Gasteiger partial charge in [-0.15, -0.1) is 5.10 Å². The molecule has 4 rings (SSSR count). The number of carbonyl (C=O) groups excluding carboxylic acids is 1. The summed E-state index contributed by atoms with van der Waals surface area (Å²) in [6, 6.07) is 12.9. The fraction of sp³-hybridized carbons (Fsp3) is 0.0833. The maximum absolute atomic E-state index is 13.7. The average molecular weight is 464 g/mol. The molecule has 0 atom stereocenters. The summed E-state index contributed by atoms with van der Waals surface area (Å²) >= 11 is 0. The first-order valence-corrected chi connectivity index (χ1v) is 10.0. The molecule has 0 radical (unpaired) electrons. The summed E-state index contributed by atoms with van der Waals surface area (Å²) in [5, 5.41) is 22.8. The molecule has 0 saturated carbocycles. The van der Waals surface area contributed by atoms with Crippen molar-refractivity contribution in [3.05, 3.63) is 89.1 Å². The van der Waals surface area contributed by atoms with Gasteiger partial charge in [-0.25, -0.2) is 18.4 Å². The maximum atomic E-state index is 13.7. The van der Waals surface area contributed by atoms with Crippen molar-refractivity contribution in [3.8, 4) is 22.4 Å². The minimum Gasteiger partial charge on any atom is -0.478 e. The number of ether oxygens (including phenoxy) is 1. The van der Waals surface area contributed by atoms with Crippen LogP contribution >= 0.6 is 0 Å². The van der Waals surface area contributed by atoms with E-state index in [1.165, 1.54) is 31.5 Å². The number of carbonyl (C=O) groups is 2. The fourth-order valence-corrected chi connectivity index (χ4v) is 3.48. The second kappa shape index (κ2) is 9.49. The van der Waals surface area contributed by atoms with E-state index in [-0.39, 0.29) is 17.7 Å². The number of benzene rings is 3. The molecule has 172 valence electrons. The van der Waals surface area contributed by atoms with E-state index < -0.39 is 23.6 Å². The standard InChI is InChI=1S/C24H18F2N4O4/c1-34-24(33)18-6-2-14(13-4-7-19(25)20(26)9-13)10-21(18)27-11-16-8-15(22-12-28-30-29-22)3-5-17(16)23(31)32/h2-10,12,27H,11H2,1H3,(H,31,32)(H,28,29,30). The molecule has 3 aromatic carbocycles. The molecule has 0 aliphatic carbocycles. The van der Waals surface area contributed by atoms with Crippen LogP contribution in [0.25, 0.3) is 22.4 Å². The van der Waals surface area contributed by atoms with Crippen LogP contribution in [0.3, 0.4) is 0 Å². The molecule has 3 N–H and O–H groups in total. The highest BCUT2D eigenvalue weighted by Gasteiger charge is 2.17. The molecule has 0 fully saturated rings. The van der Waals surface area contributed by atoms with Crippen molar-refractivity contribution in [3.63, 3.8) is 0 Å². The maximum Gasteiger partial charge on any atom is 0.339 e. The first kappa shape index (κ1) is 22.6. The molecule has 0 aliphatic heterocycles. The second-order valence-corrected chi connectivity index (χ2v) is 7.28. The molecule has 8 nitrogen and oxygen atoms in total. The Bertz CT molecular complexity index is 1370. The number of H-pyrrole nitrogens is 1. The van der Waals surface area contributed by atoms with Gasteiger partial charge < -0.3 is 15.2 Å². The molecular formula is C24H18F2N4O4. The highest BCUT2D eigenvalue weighted by atomic mass is 19.2. The fourth-order valence-electron chi connectivity index (χ4n) is 3.48. The number of halogens is 2. The third-order valence-corrected chi connectivity index (χ3v) is 5.21. The number of aromatic carboxylic acids is 1. The lowest BCUT2D eigenvalue weighted by Crippen LogP contribution is -2.11. The Morgan fingerprint density at radius 3 is 2.35 bits per heavy atom. The molecule has 4 aromatic rings. The number of methoxy groups -OCH3 is 1. The summed E-state index contributed by atoms with van der Waals surface area (Å²) in [5.74, 6) is -3.70. The second-order valence-electron chi connectivity index (χ2n) is 7.28. The van der Waals surface area contributed by atoms with Crippen molar-refractivity contribution in [1.82, 2.24) is 15.4 Å². The zero-order chi connectivity index (χ0) is 24.2. The first-order valence-electron chi connectivity index (χ1n) is 10.0. The smallest absolute Gasteiger partial charge is 0.339 e. The zero-order valence-electron chi connectivity index (χ0n) is 17.8. The number of hydrogen-bond donors (Lipinski definition) is 3. The lowest BCUT2D eigenvalue weighted by atomic mass is 10.0. The number of anilines is 1. The average Bonchev–Trinajstić information content (AvgIpc) is 3.38. The van der Waals surface area contributed by atoms with E-state index in [0.717, 1.165) is 12.1 Å². The van der Waals surface area contributed by atoms with Gasteiger partial charge >= 0.3 is 11.9 Å². The van der Waals surface area contributed by atoms with Crippen molar-refractivity contribution in [1.29, 1.82) is 0 Å². The zero-order valence-corrected chi connectivity index (χ0v) is 17.8. The van der Waals surface area contributed by atoms with E-state index in [2.05, 4.69) is 20.7 Å². The van der Waals surface area contributed by atoms with Crippen LogP contribution in [0.4, 0.5) is 14.5 Å². The molecule has 10 heteroatoms. The number of nitrogens with one attached hydrogen (secondary N) is 2. The number of carboxylic acid groups (broad SMARTS) is 1. The number of carboxylic acids is 1. The largest absolute Gasteiger partial charge is 0.478 e. The van der Waals surface area contributed by atoms with Gasteiger partial charge in [-0.2, -0.15) is 0 Å². The van der Waals surface area contributed by atoms with E-state index in [1.807, 2.05) is 0 Å². The van der Waals surface area contributed by atoms with Crippen molar-refractivity contribution in [2.24, 2.45) is 0 Å². The Morgan fingerprint density at radius 1 is 0.971 bits per heavy atom. The van der Waals surface area contributed by atoms with E-state index in [0.29, 0.717) is 33.6 Å². The van der Waals surface area contributed by atoms with Crippen molar-refractivity contribution in [2.75, 3.05) is 12.4 Å². The third-order valence-electron chi connectivity index (χ3n) is 5.21. The van der Waals surface area contributed by atoms with Crippen LogP contribution in [-0.4, -0.2) is 39.6 Å². The summed E-state index contributed by atoms with van der Waals surface area (Å²) < 4.78 is 31.9. The lowest BCUT2D eigenvalue weighted by molar-refractivity contribution is 0.0600. The number of nitrogens with zero attached hydrogens (tertiary/aromatic N) is 2. The van der Waals surface area contributed by atoms with Crippen molar-refractivity contribution >= 4 is 17.6 Å². The lowest BCUT2D eigenvalue weighted by Gasteiger charge is -2.15. The van der Waals surface area contributed by atoms with Crippen LogP contribution in [-0.2, 0) is 11.3 Å². The Hall–Kier alpha value is -4.60. The van der Waals surface area contributed by atoms with E-state index >= 15 is 0 Å². The number of aromatic amines is 1. The van der Waals surface area contributed by atoms with Gasteiger partial charge in [0.05, 0.1) is 30.1 Å². The van der Waals surface area contributed by atoms with E-state index in [4.69, 9.17) is 4.74 Å². The van der Waals surface area contributed by atoms with Crippen molar-refractivity contribution in [2.45, 2.75) is 6.54 Å². The molecule has 0 spiro atoms. The molecule has 34 heavy (non-hydrogen) atoms. The van der Waals surface area contributed by atoms with Crippen LogP contribution in [0.2, 0.25) is 0 Å². The van der Waals surface area contributed by atoms with E-state index in [1.54, 1.807) is 24.3 Å². The highest BCUT2D eigenvalue weighted by molar-refractivity contribution is 5.97. The summed E-state index contributed by atoms with van der Waals surface area (Å²) in [5.41, 5.74) is 3.24. The molecule has 0 unspecified atom stereocenters. The van der Waals surface area contributed by atoms with Crippen LogP contribution < -0.4 is 5.32 Å². The molecule has 0 saturated heterocycles. The Balaban J connectivity index is 1.71. The van der Waals surface area contributed by atoms with Gasteiger partial charge in [0.25, 0.3) is 0 Å². The Labute approximate surface area is 192 Å². The van der Waals surface area contributed by atoms with Gasteiger partial charge in [0.1, 0.15) is 0 Å². The highest BCUT2D eigenvalue weighted by Crippen LogP contribution is 2.29. The summed E-state index contributed by atoms with van der Waals surface area (Å²) in [6.45, 7) is 0.0439. The molecule has 1 heterocycles. The van der Waals surface area contributed by atoms with Crippen molar-refractivity contribution < 1.29 is 28.2 Å². The SMILES string of the molecule is COC(=O)c1ccc(-c2ccc(F)c(F)c2)cc1NCc1cc(-c2cnn[nH]2)ccc1C(=O)O. The van der Waals surface area contributed by atoms with Crippen LogP contribution in [0, 0.1) is 11.6 Å². The summed E-state index contributed by atoms with van der Waals surface area (Å²) in [6.07, 6.45) is 1.51. The van der Waals surface area contributed by atoms with Gasteiger partial charge in [0.2, 0.25) is 0 Å². The minimum absolute atomic E-state index is 0.0439. The third kappa shape index (κ3) is 4.60. The molecule has 1 aromatic heterocycles. The predicted molar refractivity (Wildman–Crippen MR) is 119 cm³/mol. The Kier molecular flexibility index (Phi) is 6.30. The van der Waals surface area contributed by atoms with Gasteiger partial charge in [0.15, 0.2) is 11.6 Å². The monoisotopic (exact) mass is 464 g/mol. The number of esters is 1. The topological polar surface area (TPSA) is 117 Å². The normalized spacial score (nSPS) is 10.7. The van der Waals surface area contributed by atoms with Crippen LogP contribution in [0.15, 0.2) is 60.8 Å². The molecule has 0 bridgehead atoms. The van der Waals surface area contributed by atoms with Gasteiger partial charge in [-0.05, 0) is 53.1 Å². The van der Waals surface area contributed by atoms with Crippen LogP contribution in [0.5, 0.6) is 0 Å². The van der Waals surface area contributed by atoms with Gasteiger partial charge in [-0.1, -0.05) is 23.4 Å². The summed E-state index contributed by atoms with van der Waals surface area (Å²) in [7, 11) is 1.24. The van der Waals surface area contributed by atoms with Gasteiger partial charge in [-0.3, -0.25) is 5.10 Å². The first-order chi connectivity index (χ1) is 16.4. The predicted octanol–water partition coefficient (Wildman–Crippen LogP) is 4.51. The Morgan fingerprint density at radius 2 is 1.68 bits per heavy atom. The molecule has 0 aliphatic rings. The quantitative estimate of drug-likeness (QED) is 0.345. The number of hydrogen-bond acceptors (Lipinski definition) is 6.